The smallest absolute Gasteiger partial charge is 0.416 e. The number of aliphatic imine (C=N–C) groups is 1. The molecule has 0 saturated heterocycles. The first kappa shape index (κ1) is 11.3. The molecule has 1 rings (SSSR count). The van der Waals surface area contributed by atoms with E-state index in [-0.39, 0.29) is 5.69 Å². The van der Waals surface area contributed by atoms with Gasteiger partial charge in [0, 0.05) is 0 Å². The van der Waals surface area contributed by atoms with Crippen LogP contribution in [0.2, 0.25) is 0 Å². The zero-order valence-corrected chi connectivity index (χ0v) is 7.58. The van der Waals surface area contributed by atoms with Gasteiger partial charge in [-0.2, -0.15) is 13.2 Å². The fourth-order valence-corrected chi connectivity index (χ4v) is 0.898. The van der Waals surface area contributed by atoms with E-state index in [0.717, 1.165) is 30.3 Å². The second kappa shape index (κ2) is 4.16. The molecule has 0 aliphatic carbocycles. The number of hydrogen-bond donors (Lipinski definition) is 0. The van der Waals surface area contributed by atoms with Crippen molar-refractivity contribution in [3.63, 3.8) is 0 Å². The molecule has 0 aliphatic rings. The van der Waals surface area contributed by atoms with Gasteiger partial charge in [-0.05, 0) is 30.2 Å². The monoisotopic (exact) mass is 214 g/mol. The van der Waals surface area contributed by atoms with Gasteiger partial charge < -0.3 is 5.11 Å². The van der Waals surface area contributed by atoms with Gasteiger partial charge in [0.1, 0.15) is 0 Å². The van der Waals surface area contributed by atoms with Crippen LogP contribution in [0, 0.1) is 0 Å². The molecule has 0 radical (unpaired) electrons. The normalized spacial score (nSPS) is 12.6. The number of rotatable bonds is 2. The number of nitrogens with zero attached hydrogens (tertiary/aromatic N) is 1. The van der Waals surface area contributed by atoms with Crippen molar-refractivity contribution in [2.45, 2.75) is 6.18 Å². The fraction of sp³-hybridized carbons (Fsp3) is 0.100. The van der Waals surface area contributed by atoms with E-state index in [1.54, 1.807) is 0 Å². The second-order valence-electron chi connectivity index (χ2n) is 2.70. The molecule has 0 fully saturated rings. The Morgan fingerprint density at radius 1 is 1.27 bits per heavy atom. The lowest BCUT2D eigenvalue weighted by atomic mass is 10.2. The lowest BCUT2D eigenvalue weighted by molar-refractivity contribution is -0.211. The molecule has 0 bridgehead atoms. The summed E-state index contributed by atoms with van der Waals surface area (Å²) in [4.78, 5) is 3.48. The third-order valence-corrected chi connectivity index (χ3v) is 1.61. The number of benzene rings is 1. The minimum Gasteiger partial charge on any atom is -0.859 e. The van der Waals surface area contributed by atoms with Gasteiger partial charge in [-0.25, -0.2) is 0 Å². The van der Waals surface area contributed by atoms with Crippen LogP contribution in [0.5, 0.6) is 0 Å². The summed E-state index contributed by atoms with van der Waals surface area (Å²) in [5, 5.41) is 10.8. The molecule has 2 nitrogen and oxygen atoms in total. The third-order valence-electron chi connectivity index (χ3n) is 1.61. The molecule has 0 saturated carbocycles. The highest BCUT2D eigenvalue weighted by Gasteiger charge is 2.29. The highest BCUT2D eigenvalue weighted by Crippen LogP contribution is 2.30. The molecule has 1 aromatic carbocycles. The minimum absolute atomic E-state index is 0.174. The van der Waals surface area contributed by atoms with Crippen molar-refractivity contribution in [2.24, 2.45) is 4.99 Å². The van der Waals surface area contributed by atoms with Crippen LogP contribution in [-0.4, -0.2) is 5.90 Å². The van der Waals surface area contributed by atoms with Crippen molar-refractivity contribution in [2.75, 3.05) is 0 Å². The predicted molar refractivity (Wildman–Crippen MR) is 48.7 cm³/mol. The molecular weight excluding hydrogens is 207 g/mol. The zero-order valence-electron chi connectivity index (χ0n) is 7.58. The molecule has 5 heteroatoms. The molecule has 0 unspecified atom stereocenters. The maximum absolute atomic E-state index is 12.1. The first-order valence-electron chi connectivity index (χ1n) is 3.99. The van der Waals surface area contributed by atoms with Gasteiger partial charge in [0.2, 0.25) is 0 Å². The highest BCUT2D eigenvalue weighted by atomic mass is 19.4. The SMILES string of the molecule is C=CC([O-])=Nc1ccc(C(F)(F)F)cc1. The van der Waals surface area contributed by atoms with Crippen molar-refractivity contribution < 1.29 is 18.3 Å². The van der Waals surface area contributed by atoms with Gasteiger partial charge in [-0.1, -0.05) is 12.7 Å². The van der Waals surface area contributed by atoms with Crippen LogP contribution in [0.1, 0.15) is 5.56 Å². The first-order chi connectivity index (χ1) is 6.93. The molecule has 1 aromatic rings. The molecule has 0 heterocycles. The Balaban J connectivity index is 2.96. The van der Waals surface area contributed by atoms with E-state index < -0.39 is 17.6 Å². The van der Waals surface area contributed by atoms with E-state index in [9.17, 15) is 18.3 Å². The molecule has 0 atom stereocenters. The Labute approximate surface area is 84.4 Å². The molecular formula is C10H7F3NO-. The van der Waals surface area contributed by atoms with E-state index in [4.69, 9.17) is 0 Å². The maximum Gasteiger partial charge on any atom is 0.416 e. The van der Waals surface area contributed by atoms with Crippen LogP contribution in [0.25, 0.3) is 0 Å². The van der Waals surface area contributed by atoms with Crippen LogP contribution in [0.3, 0.4) is 0 Å². The summed E-state index contributed by atoms with van der Waals surface area (Å²) in [6.45, 7) is 3.19. The lowest BCUT2D eigenvalue weighted by Crippen LogP contribution is -2.12. The van der Waals surface area contributed by atoms with E-state index in [1.807, 2.05) is 0 Å². The maximum atomic E-state index is 12.1. The molecule has 0 aliphatic heterocycles. The molecule has 0 amide bonds. The third kappa shape index (κ3) is 3.12. The second-order valence-corrected chi connectivity index (χ2v) is 2.70. The van der Waals surface area contributed by atoms with Gasteiger partial charge >= 0.3 is 6.18 Å². The molecule has 15 heavy (non-hydrogen) atoms. The molecule has 0 aromatic heterocycles. The zero-order chi connectivity index (χ0) is 11.5. The van der Waals surface area contributed by atoms with Crippen LogP contribution >= 0.6 is 0 Å². The molecule has 0 N–H and O–H groups in total. The van der Waals surface area contributed by atoms with Gasteiger partial charge in [0.05, 0.1) is 11.3 Å². The standard InChI is InChI=1S/C10H8F3NO/c1-2-9(15)14-8-5-3-7(4-6-8)10(11,12)13/h2-6H,1H2,(H,14,15)/p-1. The van der Waals surface area contributed by atoms with E-state index in [0.29, 0.717) is 0 Å². The number of hydrogen-bond acceptors (Lipinski definition) is 2. The summed E-state index contributed by atoms with van der Waals surface area (Å²) in [7, 11) is 0. The average Bonchev–Trinajstić information content (AvgIpc) is 2.17. The average molecular weight is 214 g/mol. The molecule has 80 valence electrons. The van der Waals surface area contributed by atoms with Crippen molar-refractivity contribution in [1.29, 1.82) is 0 Å². The Hall–Kier alpha value is -1.78. The van der Waals surface area contributed by atoms with E-state index >= 15 is 0 Å². The predicted octanol–water partition coefficient (Wildman–Crippen LogP) is 2.28. The van der Waals surface area contributed by atoms with Crippen molar-refractivity contribution >= 4 is 11.6 Å². The number of halogens is 3. The number of alkyl halides is 3. The topological polar surface area (TPSA) is 35.4 Å². The van der Waals surface area contributed by atoms with Crippen LogP contribution in [-0.2, 0) is 6.18 Å². The Kier molecular flexibility index (Phi) is 3.14. The summed E-state index contributed by atoms with van der Waals surface area (Å²) in [6, 6.07) is 4.00. The van der Waals surface area contributed by atoms with Crippen LogP contribution < -0.4 is 5.11 Å². The highest BCUT2D eigenvalue weighted by molar-refractivity contribution is 5.85. The lowest BCUT2D eigenvalue weighted by Gasteiger charge is -2.07. The summed E-state index contributed by atoms with van der Waals surface area (Å²) in [6.07, 6.45) is -3.39. The minimum atomic E-state index is -4.37. The van der Waals surface area contributed by atoms with Crippen LogP contribution in [0.4, 0.5) is 18.9 Å². The first-order valence-corrected chi connectivity index (χ1v) is 3.99. The quantitative estimate of drug-likeness (QED) is 0.549. The van der Waals surface area contributed by atoms with Crippen molar-refractivity contribution in [3.8, 4) is 0 Å². The molecule has 0 spiro atoms. The Morgan fingerprint density at radius 3 is 2.20 bits per heavy atom. The van der Waals surface area contributed by atoms with Gasteiger partial charge in [0.15, 0.2) is 0 Å². The summed E-state index contributed by atoms with van der Waals surface area (Å²) >= 11 is 0. The van der Waals surface area contributed by atoms with Gasteiger partial charge in [0.25, 0.3) is 0 Å². The fourth-order valence-electron chi connectivity index (χ4n) is 0.898. The van der Waals surface area contributed by atoms with E-state index in [2.05, 4.69) is 11.6 Å². The van der Waals surface area contributed by atoms with Gasteiger partial charge in [-0.3, -0.25) is 4.99 Å². The largest absolute Gasteiger partial charge is 0.859 e. The summed E-state index contributed by atoms with van der Waals surface area (Å²) in [5.74, 6) is -0.588. The Bertz CT molecular complexity index is 379. The summed E-state index contributed by atoms with van der Waals surface area (Å²) in [5.41, 5.74) is -0.597. The Morgan fingerprint density at radius 2 is 1.80 bits per heavy atom. The van der Waals surface area contributed by atoms with Crippen molar-refractivity contribution in [1.82, 2.24) is 0 Å². The summed E-state index contributed by atoms with van der Waals surface area (Å²) < 4.78 is 36.4. The van der Waals surface area contributed by atoms with Gasteiger partial charge in [-0.15, -0.1) is 0 Å². The van der Waals surface area contributed by atoms with E-state index in [1.165, 1.54) is 0 Å². The van der Waals surface area contributed by atoms with Crippen molar-refractivity contribution in [3.05, 3.63) is 42.5 Å². The van der Waals surface area contributed by atoms with Crippen LogP contribution in [0.15, 0.2) is 41.9 Å².